The van der Waals surface area contributed by atoms with Crippen LogP contribution >= 0.6 is 31.9 Å². The third-order valence-corrected chi connectivity index (χ3v) is 57.5. The molecule has 2 nitrogen and oxygen atoms in total. The van der Waals surface area contributed by atoms with Gasteiger partial charge in [-0.25, -0.2) is 0 Å². The van der Waals surface area contributed by atoms with Crippen LogP contribution in [0.1, 0.15) is 49.8 Å². The number of para-hydroxylation sites is 2. The predicted octanol–water partition coefficient (Wildman–Crippen LogP) is 10.7. The minimum atomic E-state index is -4.76. The first kappa shape index (κ1) is 29.7. The summed E-state index contributed by atoms with van der Waals surface area (Å²) in [5, 5.41) is 0. The minimum absolute atomic E-state index is 0.361. The molecule has 0 saturated carbocycles. The molecule has 0 amide bonds. The molecule has 1 saturated heterocycles. The van der Waals surface area contributed by atoms with Crippen molar-refractivity contribution in [2.24, 2.45) is 0 Å². The summed E-state index contributed by atoms with van der Waals surface area (Å²) < 4.78 is 9.38. The molecular weight excluding hydrogens is 752 g/mol. The van der Waals surface area contributed by atoms with Gasteiger partial charge in [-0.05, 0) is 0 Å². The van der Waals surface area contributed by atoms with E-state index in [1.165, 1.54) is 53.7 Å². The molecule has 0 aromatic heterocycles. The Morgan fingerprint density at radius 3 is 1.42 bits per heavy atom. The Balaban J connectivity index is 1.72. The molecule has 0 radical (unpaired) electrons. The maximum absolute atomic E-state index is 4.76. The molecule has 2 atom stereocenters. The van der Waals surface area contributed by atoms with Gasteiger partial charge >= 0.3 is 279 Å². The number of hydrogen-bond donors (Lipinski definition) is 0. The Hall–Kier alpha value is -1.98. The van der Waals surface area contributed by atoms with Crippen LogP contribution in [-0.4, -0.2) is 19.0 Å². The fourth-order valence-corrected chi connectivity index (χ4v) is 61.5. The van der Waals surface area contributed by atoms with E-state index in [0.717, 1.165) is 19.5 Å². The van der Waals surface area contributed by atoms with Gasteiger partial charge in [0, 0.05) is 0 Å². The first-order valence-electron chi connectivity index (χ1n) is 15.5. The molecule has 1 fully saturated rings. The summed E-state index contributed by atoms with van der Waals surface area (Å²) in [6.07, 6.45) is 6.20. The van der Waals surface area contributed by atoms with Gasteiger partial charge in [0.1, 0.15) is 0 Å². The van der Waals surface area contributed by atoms with Crippen LogP contribution in [-0.2, 0) is 18.5 Å². The third kappa shape index (κ3) is 4.02. The Labute approximate surface area is 276 Å². The molecule has 2 unspecified atom stereocenters. The van der Waals surface area contributed by atoms with Crippen molar-refractivity contribution in [3.05, 3.63) is 139 Å². The van der Waals surface area contributed by atoms with Crippen LogP contribution < -0.4 is 5.69 Å². The summed E-state index contributed by atoms with van der Waals surface area (Å²) in [4.78, 5) is 0. The van der Waals surface area contributed by atoms with E-state index in [2.05, 4.69) is 174 Å². The average Bonchev–Trinajstić information content (AvgIpc) is 3.55. The second-order valence-corrected chi connectivity index (χ2v) is 44.8. The Morgan fingerprint density at radius 2 is 1.02 bits per heavy atom. The second kappa shape index (κ2) is 11.1. The van der Waals surface area contributed by atoms with Crippen LogP contribution in [0, 0.1) is 0 Å². The number of halogens is 2. The fraction of sp³-hybridized carbons (Fsp3) is 0.243. The number of hydrogen-bond acceptors (Lipinski definition) is 2. The van der Waals surface area contributed by atoms with Crippen molar-refractivity contribution in [1.29, 1.82) is 0 Å². The second-order valence-electron chi connectivity index (χ2n) is 13.0. The van der Waals surface area contributed by atoms with Gasteiger partial charge in [-0.2, -0.15) is 0 Å². The zero-order valence-electron chi connectivity index (χ0n) is 25.4. The van der Waals surface area contributed by atoms with E-state index < -0.39 is 24.4 Å². The van der Waals surface area contributed by atoms with Gasteiger partial charge in [0.15, 0.2) is 0 Å². The van der Waals surface area contributed by atoms with Gasteiger partial charge in [-0.1, -0.05) is 0 Å². The zero-order valence-corrected chi connectivity index (χ0v) is 32.2. The number of allylic oxidation sites excluding steroid dienone is 2. The van der Waals surface area contributed by atoms with Crippen molar-refractivity contribution in [2.45, 2.75) is 40.6 Å². The summed E-state index contributed by atoms with van der Waals surface area (Å²) in [5.74, 6) is -1.56. The Bertz CT molecular complexity index is 1640. The van der Waals surface area contributed by atoms with Crippen molar-refractivity contribution in [1.82, 2.24) is 0 Å². The number of rotatable bonds is 5. The van der Waals surface area contributed by atoms with E-state index in [1.54, 1.807) is 0 Å². The summed E-state index contributed by atoms with van der Waals surface area (Å²) in [5.41, 5.74) is 11.7. The first-order valence-corrected chi connectivity index (χ1v) is 29.3. The molecule has 219 valence electrons. The van der Waals surface area contributed by atoms with Crippen LogP contribution in [0.3, 0.4) is 0 Å². The third-order valence-electron chi connectivity index (χ3n) is 10.9. The van der Waals surface area contributed by atoms with Gasteiger partial charge < -0.3 is 0 Å². The molecule has 0 N–H and O–H groups in total. The van der Waals surface area contributed by atoms with Crippen LogP contribution in [0.2, 0.25) is 13.1 Å². The van der Waals surface area contributed by atoms with Gasteiger partial charge in [0.05, 0.1) is 0 Å². The monoisotopic (exact) mass is 787 g/mol. The number of anilines is 2. The van der Waals surface area contributed by atoms with Crippen LogP contribution in [0.4, 0.5) is 11.4 Å². The van der Waals surface area contributed by atoms with Crippen molar-refractivity contribution in [3.63, 3.8) is 0 Å². The molecule has 7 rings (SSSR count). The first-order chi connectivity index (χ1) is 20.8. The molecule has 4 aromatic carbocycles. The molecular formula is C37H39Br2N2SiZr. The number of fused-ring (bicyclic) bond motifs is 2. The topological polar surface area (TPSA) is 6.48 Å². The van der Waals surface area contributed by atoms with E-state index >= 15 is 0 Å². The van der Waals surface area contributed by atoms with E-state index in [-0.39, 0.29) is 0 Å². The Kier molecular flexibility index (Phi) is 7.69. The summed E-state index contributed by atoms with van der Waals surface area (Å²) in [6, 6.07) is 37.0. The molecule has 6 heteroatoms. The standard InChI is InChI=1S/C15H16N2.2C10H8Br.C2H7Si.Zr/c1-3-8-14(9-4-1)16-12-7-13-17-15-10-5-2-6-11-15;2*1-7-5-8-3-2-4-10(11)9(8)6-7;1-3-2;/h1-6,8-11H,7,12-13H2;2*2-6H,1H3;3H,1-2H3;/q-2;;;;+2. The van der Waals surface area contributed by atoms with Gasteiger partial charge in [0.25, 0.3) is 0 Å². The normalized spacial score (nSPS) is 22.8. The van der Waals surface area contributed by atoms with Crippen LogP contribution in [0.25, 0.3) is 12.2 Å². The molecule has 2 aliphatic carbocycles. The molecule has 1 aliphatic heterocycles. The van der Waals surface area contributed by atoms with Crippen molar-refractivity contribution in [2.75, 3.05) is 18.8 Å². The van der Waals surface area contributed by atoms with Crippen molar-refractivity contribution < 1.29 is 18.5 Å². The molecule has 0 bridgehead atoms. The van der Waals surface area contributed by atoms with E-state index in [1.807, 2.05) is 0 Å². The average molecular weight is 791 g/mol. The maximum atomic E-state index is 3.99. The van der Waals surface area contributed by atoms with Crippen molar-refractivity contribution in [3.8, 4) is 0 Å². The van der Waals surface area contributed by atoms with Gasteiger partial charge in [-0.3, -0.25) is 0 Å². The SMILES string of the molecule is CC1=Cc2c(Br)cccc2[CH]1[Zr]1([CH]2C(C)=Cc3c(Br)cccc32)([SiH](C)C)[N](c2ccccc2)CCC[N]1c1ccccc1. The number of nitrogens with zero attached hydrogens (tertiary/aromatic N) is 2. The summed E-state index contributed by atoms with van der Waals surface area (Å²) >= 11 is 3.23. The molecule has 1 heterocycles. The number of benzene rings is 4. The zero-order chi connectivity index (χ0) is 30.0. The van der Waals surface area contributed by atoms with E-state index in [0.29, 0.717) is 7.25 Å². The van der Waals surface area contributed by atoms with E-state index in [4.69, 9.17) is 0 Å². The molecule has 43 heavy (non-hydrogen) atoms. The summed E-state index contributed by atoms with van der Waals surface area (Å²) in [7, 11) is 0. The quantitative estimate of drug-likeness (QED) is 0.186. The van der Waals surface area contributed by atoms with Crippen LogP contribution in [0.15, 0.2) is 117 Å². The molecule has 3 aliphatic rings. The Morgan fingerprint density at radius 1 is 0.605 bits per heavy atom. The van der Waals surface area contributed by atoms with E-state index in [9.17, 15) is 0 Å². The molecule has 4 aromatic rings. The van der Waals surface area contributed by atoms with Gasteiger partial charge in [0.2, 0.25) is 0 Å². The molecule has 0 spiro atoms. The van der Waals surface area contributed by atoms with Crippen molar-refractivity contribution >= 4 is 61.3 Å². The summed E-state index contributed by atoms with van der Waals surface area (Å²) in [6.45, 7) is 12.5. The fourth-order valence-electron chi connectivity index (χ4n) is 9.74. The van der Waals surface area contributed by atoms with Crippen LogP contribution in [0.5, 0.6) is 0 Å². The van der Waals surface area contributed by atoms with Gasteiger partial charge in [-0.15, -0.1) is 0 Å². The predicted molar refractivity (Wildman–Crippen MR) is 192 cm³/mol.